The first-order valence-electron chi connectivity index (χ1n) is 5.49. The SMILES string of the molecule is Cc1c(N)cc(S(=O)(=O)Nc2ccc(Cl)cn2)cc1F. The van der Waals surface area contributed by atoms with Crippen LogP contribution in [0, 0.1) is 12.7 Å². The molecule has 0 aliphatic carbocycles. The second-order valence-corrected chi connectivity index (χ2v) is 6.21. The molecule has 1 heterocycles. The Hall–Kier alpha value is -1.86. The third-order valence-corrected chi connectivity index (χ3v) is 4.19. The highest BCUT2D eigenvalue weighted by Gasteiger charge is 2.18. The van der Waals surface area contributed by atoms with E-state index in [1.807, 2.05) is 0 Å². The molecule has 0 atom stereocenters. The zero-order chi connectivity index (χ0) is 14.9. The van der Waals surface area contributed by atoms with Crippen LogP contribution in [0.3, 0.4) is 0 Å². The summed E-state index contributed by atoms with van der Waals surface area (Å²) in [4.78, 5) is 3.54. The topological polar surface area (TPSA) is 85.1 Å². The zero-order valence-corrected chi connectivity index (χ0v) is 12.0. The average Bonchev–Trinajstić information content (AvgIpc) is 2.38. The van der Waals surface area contributed by atoms with Crippen molar-refractivity contribution in [1.29, 1.82) is 0 Å². The first kappa shape index (κ1) is 14.5. The van der Waals surface area contributed by atoms with Crippen LogP contribution in [-0.4, -0.2) is 13.4 Å². The molecule has 0 saturated carbocycles. The number of hydrogen-bond acceptors (Lipinski definition) is 4. The summed E-state index contributed by atoms with van der Waals surface area (Å²) < 4.78 is 40.0. The monoisotopic (exact) mass is 315 g/mol. The minimum absolute atomic E-state index is 0.0643. The summed E-state index contributed by atoms with van der Waals surface area (Å²) in [6.45, 7) is 1.47. The molecule has 1 aromatic carbocycles. The quantitative estimate of drug-likeness (QED) is 0.852. The van der Waals surface area contributed by atoms with Gasteiger partial charge in [0.1, 0.15) is 11.6 Å². The van der Waals surface area contributed by atoms with Crippen molar-refractivity contribution in [3.05, 3.63) is 46.9 Å². The molecule has 0 radical (unpaired) electrons. The number of sulfonamides is 1. The largest absolute Gasteiger partial charge is 0.398 e. The molecule has 0 bridgehead atoms. The van der Waals surface area contributed by atoms with Crippen LogP contribution < -0.4 is 10.5 Å². The molecule has 3 N–H and O–H groups in total. The van der Waals surface area contributed by atoms with Crippen LogP contribution in [0.25, 0.3) is 0 Å². The second-order valence-electron chi connectivity index (χ2n) is 4.09. The summed E-state index contributed by atoms with van der Waals surface area (Å²) in [6.07, 6.45) is 1.30. The van der Waals surface area contributed by atoms with Crippen molar-refractivity contribution in [3.8, 4) is 0 Å². The van der Waals surface area contributed by atoms with Gasteiger partial charge in [0.2, 0.25) is 0 Å². The van der Waals surface area contributed by atoms with Crippen molar-refractivity contribution in [1.82, 2.24) is 4.98 Å². The Balaban J connectivity index is 2.38. The van der Waals surface area contributed by atoms with Gasteiger partial charge < -0.3 is 5.73 Å². The van der Waals surface area contributed by atoms with Gasteiger partial charge in [0, 0.05) is 17.4 Å². The van der Waals surface area contributed by atoms with E-state index >= 15 is 0 Å². The summed E-state index contributed by atoms with van der Waals surface area (Å²) in [5, 5.41) is 0.374. The minimum Gasteiger partial charge on any atom is -0.398 e. The lowest BCUT2D eigenvalue weighted by molar-refractivity contribution is 0.593. The van der Waals surface area contributed by atoms with Crippen LogP contribution in [0.2, 0.25) is 5.02 Å². The maximum absolute atomic E-state index is 13.6. The van der Waals surface area contributed by atoms with E-state index in [-0.39, 0.29) is 22.0 Å². The van der Waals surface area contributed by atoms with Gasteiger partial charge in [-0.05, 0) is 31.2 Å². The molecular formula is C12H11ClFN3O2S. The molecule has 20 heavy (non-hydrogen) atoms. The molecule has 5 nitrogen and oxygen atoms in total. The number of anilines is 2. The lowest BCUT2D eigenvalue weighted by atomic mass is 10.2. The van der Waals surface area contributed by atoms with Gasteiger partial charge in [-0.2, -0.15) is 0 Å². The third kappa shape index (κ3) is 3.00. The van der Waals surface area contributed by atoms with Crippen molar-refractivity contribution < 1.29 is 12.8 Å². The molecule has 1 aromatic heterocycles. The van der Waals surface area contributed by atoms with Crippen molar-refractivity contribution in [2.24, 2.45) is 0 Å². The summed E-state index contributed by atoms with van der Waals surface area (Å²) in [6, 6.07) is 4.98. The lowest BCUT2D eigenvalue weighted by Crippen LogP contribution is -2.14. The van der Waals surface area contributed by atoms with Gasteiger partial charge in [0.25, 0.3) is 10.0 Å². The van der Waals surface area contributed by atoms with E-state index in [1.165, 1.54) is 31.3 Å². The minimum atomic E-state index is -3.96. The van der Waals surface area contributed by atoms with E-state index in [4.69, 9.17) is 17.3 Å². The van der Waals surface area contributed by atoms with Crippen molar-refractivity contribution in [2.45, 2.75) is 11.8 Å². The fourth-order valence-corrected chi connectivity index (χ4v) is 2.63. The van der Waals surface area contributed by atoms with Crippen molar-refractivity contribution in [2.75, 3.05) is 10.5 Å². The van der Waals surface area contributed by atoms with E-state index < -0.39 is 15.8 Å². The Bertz CT molecular complexity index is 725. The summed E-state index contributed by atoms with van der Waals surface area (Å²) >= 11 is 5.65. The van der Waals surface area contributed by atoms with Gasteiger partial charge in [0.15, 0.2) is 0 Å². The van der Waals surface area contributed by atoms with Crippen LogP contribution in [-0.2, 0) is 10.0 Å². The Labute approximate surface area is 120 Å². The summed E-state index contributed by atoms with van der Waals surface area (Å²) in [5.74, 6) is -0.608. The number of hydrogen-bond donors (Lipinski definition) is 2. The highest BCUT2D eigenvalue weighted by atomic mass is 35.5. The first-order valence-corrected chi connectivity index (χ1v) is 7.36. The number of halogens is 2. The number of aromatic nitrogens is 1. The molecule has 0 aliphatic heterocycles. The predicted molar refractivity (Wildman–Crippen MR) is 75.6 cm³/mol. The maximum Gasteiger partial charge on any atom is 0.263 e. The Morgan fingerprint density at radius 2 is 2.05 bits per heavy atom. The Morgan fingerprint density at radius 3 is 2.60 bits per heavy atom. The molecule has 0 amide bonds. The van der Waals surface area contributed by atoms with E-state index in [0.29, 0.717) is 5.02 Å². The summed E-state index contributed by atoms with van der Waals surface area (Å²) in [7, 11) is -3.96. The predicted octanol–water partition coefficient (Wildman–Crippen LogP) is 2.57. The molecular weight excluding hydrogens is 305 g/mol. The van der Waals surface area contributed by atoms with Gasteiger partial charge in [-0.15, -0.1) is 0 Å². The van der Waals surface area contributed by atoms with Gasteiger partial charge in [-0.25, -0.2) is 17.8 Å². The summed E-state index contributed by atoms with van der Waals surface area (Å²) in [5.41, 5.74) is 5.83. The molecule has 106 valence electrons. The van der Waals surface area contributed by atoms with E-state index in [2.05, 4.69) is 9.71 Å². The Kier molecular flexibility index (Phi) is 3.82. The van der Waals surface area contributed by atoms with Crippen LogP contribution >= 0.6 is 11.6 Å². The van der Waals surface area contributed by atoms with E-state index in [9.17, 15) is 12.8 Å². The van der Waals surface area contributed by atoms with Crippen LogP contribution in [0.15, 0.2) is 35.4 Å². The Morgan fingerprint density at radius 1 is 1.35 bits per heavy atom. The van der Waals surface area contributed by atoms with Crippen molar-refractivity contribution in [3.63, 3.8) is 0 Å². The lowest BCUT2D eigenvalue weighted by Gasteiger charge is -2.09. The number of nitrogens with zero attached hydrogens (tertiary/aromatic N) is 1. The fraction of sp³-hybridized carbons (Fsp3) is 0.0833. The average molecular weight is 316 g/mol. The van der Waals surface area contributed by atoms with E-state index in [0.717, 1.165) is 6.07 Å². The number of nitrogens with two attached hydrogens (primary N) is 1. The molecule has 0 spiro atoms. The smallest absolute Gasteiger partial charge is 0.263 e. The molecule has 0 unspecified atom stereocenters. The zero-order valence-electron chi connectivity index (χ0n) is 10.4. The van der Waals surface area contributed by atoms with Crippen LogP contribution in [0.1, 0.15) is 5.56 Å². The van der Waals surface area contributed by atoms with E-state index in [1.54, 1.807) is 0 Å². The standard InChI is InChI=1S/C12H11ClFN3O2S/c1-7-10(14)4-9(5-11(7)15)20(18,19)17-12-3-2-8(13)6-16-12/h2-6H,15H2,1H3,(H,16,17). The van der Waals surface area contributed by atoms with Gasteiger partial charge in [-0.3, -0.25) is 4.72 Å². The second kappa shape index (κ2) is 5.26. The highest BCUT2D eigenvalue weighted by molar-refractivity contribution is 7.92. The van der Waals surface area contributed by atoms with Crippen LogP contribution in [0.4, 0.5) is 15.9 Å². The highest BCUT2D eigenvalue weighted by Crippen LogP contribution is 2.22. The van der Waals surface area contributed by atoms with Crippen LogP contribution in [0.5, 0.6) is 0 Å². The van der Waals surface area contributed by atoms with Gasteiger partial charge in [-0.1, -0.05) is 11.6 Å². The van der Waals surface area contributed by atoms with Gasteiger partial charge in [0.05, 0.1) is 9.92 Å². The number of pyridine rings is 1. The fourth-order valence-electron chi connectivity index (χ4n) is 1.46. The number of benzene rings is 1. The third-order valence-electron chi connectivity index (χ3n) is 2.63. The molecule has 8 heteroatoms. The number of nitrogens with one attached hydrogen (secondary N) is 1. The number of rotatable bonds is 3. The molecule has 0 fully saturated rings. The molecule has 2 rings (SSSR count). The first-order chi connectivity index (χ1) is 9.29. The molecule has 0 saturated heterocycles. The van der Waals surface area contributed by atoms with Gasteiger partial charge >= 0.3 is 0 Å². The van der Waals surface area contributed by atoms with Crippen molar-refractivity contribution >= 4 is 33.1 Å². The normalized spacial score (nSPS) is 11.3. The number of nitrogen functional groups attached to an aromatic ring is 1. The molecule has 2 aromatic rings. The molecule has 0 aliphatic rings. The maximum atomic E-state index is 13.6.